The van der Waals surface area contributed by atoms with Crippen LogP contribution in [0.3, 0.4) is 0 Å². The summed E-state index contributed by atoms with van der Waals surface area (Å²) in [4.78, 5) is 27.7. The molecule has 0 spiro atoms. The number of oxazole rings is 1. The maximum atomic E-state index is 12.7. The molecule has 0 aliphatic heterocycles. The van der Waals surface area contributed by atoms with Crippen molar-refractivity contribution < 1.29 is 18.9 Å². The van der Waals surface area contributed by atoms with Crippen LogP contribution in [0.4, 0.5) is 11.4 Å². The van der Waals surface area contributed by atoms with E-state index in [4.69, 9.17) is 9.15 Å². The topological polar surface area (TPSA) is 108 Å². The van der Waals surface area contributed by atoms with E-state index in [9.17, 15) is 14.9 Å². The van der Waals surface area contributed by atoms with E-state index in [1.807, 2.05) is 26.0 Å². The fourth-order valence-corrected chi connectivity index (χ4v) is 3.20. The van der Waals surface area contributed by atoms with Gasteiger partial charge in [-0.15, -0.1) is 0 Å². The summed E-state index contributed by atoms with van der Waals surface area (Å²) in [5.74, 6) is 0.349. The van der Waals surface area contributed by atoms with Gasteiger partial charge in [-0.1, -0.05) is 6.07 Å². The van der Waals surface area contributed by atoms with Gasteiger partial charge in [0.25, 0.3) is 11.6 Å². The van der Waals surface area contributed by atoms with Crippen molar-refractivity contribution in [2.24, 2.45) is 0 Å². The third-order valence-corrected chi connectivity index (χ3v) is 5.02. The first-order valence-corrected chi connectivity index (χ1v) is 9.47. The molecule has 0 atom stereocenters. The minimum Gasteiger partial charge on any atom is -0.495 e. The molecule has 31 heavy (non-hydrogen) atoms. The quantitative estimate of drug-likeness (QED) is 0.350. The number of nitro groups is 1. The number of rotatable bonds is 5. The monoisotopic (exact) mass is 417 g/mol. The summed E-state index contributed by atoms with van der Waals surface area (Å²) < 4.78 is 11.3. The van der Waals surface area contributed by atoms with Crippen molar-refractivity contribution in [3.05, 3.63) is 81.4 Å². The minimum absolute atomic E-state index is 0.162. The van der Waals surface area contributed by atoms with Crippen molar-refractivity contribution in [2.45, 2.75) is 13.8 Å². The average Bonchev–Trinajstić information content (AvgIpc) is 3.16. The number of nitrogens with zero attached hydrogens (tertiary/aromatic N) is 2. The second kappa shape index (κ2) is 7.91. The first-order chi connectivity index (χ1) is 14.9. The van der Waals surface area contributed by atoms with Gasteiger partial charge in [0.1, 0.15) is 11.3 Å². The number of benzene rings is 3. The summed E-state index contributed by atoms with van der Waals surface area (Å²) in [5.41, 5.74) is 4.70. The van der Waals surface area contributed by atoms with Gasteiger partial charge in [-0.2, -0.15) is 0 Å². The Hall–Kier alpha value is -4.20. The summed E-state index contributed by atoms with van der Waals surface area (Å²) >= 11 is 0. The highest BCUT2D eigenvalue weighted by molar-refractivity contribution is 6.05. The molecular formula is C23H19N3O5. The van der Waals surface area contributed by atoms with Crippen LogP contribution in [0, 0.1) is 24.0 Å². The molecule has 0 saturated carbocycles. The fraction of sp³-hybridized carbons (Fsp3) is 0.130. The van der Waals surface area contributed by atoms with Crippen LogP contribution in [-0.4, -0.2) is 22.9 Å². The lowest BCUT2D eigenvalue weighted by Gasteiger charge is -2.11. The Bertz CT molecular complexity index is 1290. The highest BCUT2D eigenvalue weighted by atomic mass is 16.6. The number of nitro benzene ring substituents is 1. The second-order valence-electron chi connectivity index (χ2n) is 7.10. The Morgan fingerprint density at radius 2 is 1.87 bits per heavy atom. The number of carbonyl (C=O) groups is 1. The summed E-state index contributed by atoms with van der Waals surface area (Å²) in [5, 5.41) is 13.7. The molecule has 0 fully saturated rings. The van der Waals surface area contributed by atoms with Crippen LogP contribution in [0.5, 0.6) is 5.75 Å². The molecule has 8 nitrogen and oxygen atoms in total. The number of non-ortho nitro benzene ring substituents is 1. The molecule has 0 aliphatic rings. The highest BCUT2D eigenvalue weighted by Gasteiger charge is 2.16. The van der Waals surface area contributed by atoms with Crippen molar-refractivity contribution in [2.75, 3.05) is 12.4 Å². The van der Waals surface area contributed by atoms with Crippen LogP contribution in [0.2, 0.25) is 0 Å². The van der Waals surface area contributed by atoms with E-state index < -0.39 is 10.8 Å². The van der Waals surface area contributed by atoms with Crippen LogP contribution >= 0.6 is 0 Å². The van der Waals surface area contributed by atoms with E-state index in [0.29, 0.717) is 28.5 Å². The SMILES string of the molecule is COc1ccc(-c2nc3cc(C)c(C)cc3o2)cc1NC(=O)c1cccc([N+](=O)[O-])c1. The van der Waals surface area contributed by atoms with Gasteiger partial charge in [-0.3, -0.25) is 14.9 Å². The van der Waals surface area contributed by atoms with Gasteiger partial charge in [-0.05, 0) is 61.4 Å². The molecule has 0 radical (unpaired) electrons. The number of nitrogens with one attached hydrogen (secondary N) is 1. The Labute approximate surface area is 177 Å². The maximum Gasteiger partial charge on any atom is 0.270 e. The lowest BCUT2D eigenvalue weighted by atomic mass is 10.1. The lowest BCUT2D eigenvalue weighted by Crippen LogP contribution is -2.13. The van der Waals surface area contributed by atoms with Crippen LogP contribution in [-0.2, 0) is 0 Å². The summed E-state index contributed by atoms with van der Waals surface area (Å²) in [7, 11) is 1.49. The summed E-state index contributed by atoms with van der Waals surface area (Å²) in [6.45, 7) is 4.02. The van der Waals surface area contributed by atoms with E-state index >= 15 is 0 Å². The van der Waals surface area contributed by atoms with Gasteiger partial charge < -0.3 is 14.5 Å². The number of methoxy groups -OCH3 is 1. The molecule has 156 valence electrons. The van der Waals surface area contributed by atoms with Gasteiger partial charge in [-0.25, -0.2) is 4.98 Å². The summed E-state index contributed by atoms with van der Waals surface area (Å²) in [6, 6.07) is 14.6. The minimum atomic E-state index is -0.547. The molecule has 8 heteroatoms. The van der Waals surface area contributed by atoms with Gasteiger partial charge >= 0.3 is 0 Å². The average molecular weight is 417 g/mol. The van der Waals surface area contributed by atoms with E-state index in [1.165, 1.54) is 31.4 Å². The van der Waals surface area contributed by atoms with E-state index in [1.54, 1.807) is 18.2 Å². The smallest absolute Gasteiger partial charge is 0.270 e. The number of fused-ring (bicyclic) bond motifs is 1. The fourth-order valence-electron chi connectivity index (χ4n) is 3.20. The third kappa shape index (κ3) is 3.95. The Kier molecular flexibility index (Phi) is 5.12. The molecule has 4 aromatic rings. The zero-order valence-corrected chi connectivity index (χ0v) is 17.1. The van der Waals surface area contributed by atoms with Gasteiger partial charge in [0.05, 0.1) is 17.7 Å². The van der Waals surface area contributed by atoms with Gasteiger partial charge in [0.15, 0.2) is 5.58 Å². The highest BCUT2D eigenvalue weighted by Crippen LogP contribution is 2.33. The van der Waals surface area contributed by atoms with Crippen molar-refractivity contribution in [1.29, 1.82) is 0 Å². The van der Waals surface area contributed by atoms with E-state index in [-0.39, 0.29) is 11.3 Å². The van der Waals surface area contributed by atoms with Crippen LogP contribution in [0.15, 0.2) is 59.0 Å². The zero-order valence-electron chi connectivity index (χ0n) is 17.1. The van der Waals surface area contributed by atoms with Crippen molar-refractivity contribution >= 4 is 28.4 Å². The number of hydrogen-bond acceptors (Lipinski definition) is 6. The normalized spacial score (nSPS) is 10.8. The number of carbonyl (C=O) groups excluding carboxylic acids is 1. The molecule has 4 rings (SSSR count). The second-order valence-corrected chi connectivity index (χ2v) is 7.10. The molecule has 1 N–H and O–H groups in total. The van der Waals surface area contributed by atoms with E-state index in [0.717, 1.165) is 16.6 Å². The molecule has 0 bridgehead atoms. The predicted molar refractivity (Wildman–Crippen MR) is 117 cm³/mol. The number of amides is 1. The number of ether oxygens (including phenoxy) is 1. The molecule has 0 aliphatic carbocycles. The Morgan fingerprint density at radius 3 is 2.61 bits per heavy atom. The predicted octanol–water partition coefficient (Wildman–Crippen LogP) is 5.28. The molecule has 1 heterocycles. The Morgan fingerprint density at radius 1 is 1.10 bits per heavy atom. The number of hydrogen-bond donors (Lipinski definition) is 1. The molecular weight excluding hydrogens is 398 g/mol. The Balaban J connectivity index is 1.69. The van der Waals surface area contributed by atoms with Gasteiger partial charge in [0, 0.05) is 23.3 Å². The summed E-state index contributed by atoms with van der Waals surface area (Å²) in [6.07, 6.45) is 0. The first kappa shape index (κ1) is 20.1. The third-order valence-electron chi connectivity index (χ3n) is 5.02. The lowest BCUT2D eigenvalue weighted by molar-refractivity contribution is -0.384. The number of anilines is 1. The molecule has 0 saturated heterocycles. The molecule has 1 aromatic heterocycles. The van der Waals surface area contributed by atoms with Crippen LogP contribution < -0.4 is 10.1 Å². The molecule has 0 unspecified atom stereocenters. The van der Waals surface area contributed by atoms with E-state index in [2.05, 4.69) is 10.3 Å². The van der Waals surface area contributed by atoms with Crippen molar-refractivity contribution in [1.82, 2.24) is 4.98 Å². The van der Waals surface area contributed by atoms with Crippen LogP contribution in [0.25, 0.3) is 22.6 Å². The molecule has 3 aromatic carbocycles. The van der Waals surface area contributed by atoms with Crippen molar-refractivity contribution in [3.8, 4) is 17.2 Å². The maximum absolute atomic E-state index is 12.7. The van der Waals surface area contributed by atoms with Gasteiger partial charge in [0.2, 0.25) is 5.89 Å². The largest absolute Gasteiger partial charge is 0.495 e. The zero-order chi connectivity index (χ0) is 22.1. The number of aromatic nitrogens is 1. The molecule has 1 amide bonds. The van der Waals surface area contributed by atoms with Crippen LogP contribution in [0.1, 0.15) is 21.5 Å². The number of aryl methyl sites for hydroxylation is 2. The first-order valence-electron chi connectivity index (χ1n) is 9.47. The van der Waals surface area contributed by atoms with Crippen molar-refractivity contribution in [3.63, 3.8) is 0 Å². The standard InChI is InChI=1S/C23H19N3O5/c1-13-9-18-21(10-14(13)2)31-23(25-18)16-7-8-20(30-3)19(12-16)24-22(27)15-5-4-6-17(11-15)26(28)29/h4-12H,1-3H3,(H,24,27).